The van der Waals surface area contributed by atoms with E-state index in [2.05, 4.69) is 0 Å². The van der Waals surface area contributed by atoms with Crippen molar-refractivity contribution in [3.05, 3.63) is 53.6 Å². The molecule has 0 aromatic heterocycles. The number of methoxy groups -OCH3 is 1. The van der Waals surface area contributed by atoms with E-state index in [1.165, 1.54) is 6.92 Å². The molecule has 1 unspecified atom stereocenters. The number of aryl methyl sites for hydroxylation is 1. The second-order valence-corrected chi connectivity index (χ2v) is 6.71. The third-order valence-electron chi connectivity index (χ3n) is 4.65. The molecule has 0 N–H and O–H groups in total. The van der Waals surface area contributed by atoms with Crippen molar-refractivity contribution in [3.8, 4) is 11.5 Å². The topological polar surface area (TPSA) is 59.1 Å². The Kier molecular flexibility index (Phi) is 5.35. The molecule has 6 nitrogen and oxygen atoms in total. The summed E-state index contributed by atoms with van der Waals surface area (Å²) in [6.07, 6.45) is -0.746. The Morgan fingerprint density at radius 1 is 1.26 bits per heavy atom. The average molecular weight is 368 g/mol. The number of hydrogen-bond donors (Lipinski definition) is 0. The number of carbonyl (C=O) groups is 2. The summed E-state index contributed by atoms with van der Waals surface area (Å²) < 4.78 is 11.3. The second kappa shape index (κ2) is 7.70. The minimum Gasteiger partial charge on any atom is -0.496 e. The molecule has 0 fully saturated rings. The van der Waals surface area contributed by atoms with E-state index in [9.17, 15) is 9.59 Å². The third kappa shape index (κ3) is 3.89. The fourth-order valence-corrected chi connectivity index (χ4v) is 3.27. The quantitative estimate of drug-likeness (QED) is 0.833. The van der Waals surface area contributed by atoms with Crippen LogP contribution in [-0.4, -0.2) is 43.5 Å². The van der Waals surface area contributed by atoms with Crippen LogP contribution in [0.4, 0.5) is 5.69 Å². The van der Waals surface area contributed by atoms with Gasteiger partial charge in [0.25, 0.3) is 5.91 Å². The lowest BCUT2D eigenvalue weighted by Gasteiger charge is -2.35. The zero-order chi connectivity index (χ0) is 19.6. The number of benzene rings is 2. The van der Waals surface area contributed by atoms with Crippen molar-refractivity contribution in [2.75, 3.05) is 25.6 Å². The molecule has 2 amide bonds. The number of hydrogen-bond acceptors (Lipinski definition) is 4. The van der Waals surface area contributed by atoms with Crippen LogP contribution in [-0.2, 0) is 16.1 Å². The van der Waals surface area contributed by atoms with Gasteiger partial charge >= 0.3 is 0 Å². The van der Waals surface area contributed by atoms with Gasteiger partial charge in [0.1, 0.15) is 11.5 Å². The molecule has 1 aliphatic heterocycles. The van der Waals surface area contributed by atoms with E-state index in [4.69, 9.17) is 9.47 Å². The largest absolute Gasteiger partial charge is 0.496 e. The van der Waals surface area contributed by atoms with Crippen molar-refractivity contribution in [1.29, 1.82) is 0 Å². The fraction of sp³-hybridized carbons (Fsp3) is 0.333. The van der Waals surface area contributed by atoms with Crippen LogP contribution in [0.5, 0.6) is 11.5 Å². The van der Waals surface area contributed by atoms with Gasteiger partial charge in [0, 0.05) is 26.1 Å². The summed E-state index contributed by atoms with van der Waals surface area (Å²) in [5.74, 6) is 0.977. The minimum atomic E-state index is -0.746. The molecule has 142 valence electrons. The number of ether oxygens (including phenoxy) is 2. The maximum Gasteiger partial charge on any atom is 0.265 e. The highest BCUT2D eigenvalue weighted by Crippen LogP contribution is 2.33. The molecular formula is C21H24N2O4. The fourth-order valence-electron chi connectivity index (χ4n) is 3.27. The Morgan fingerprint density at radius 2 is 2.00 bits per heavy atom. The van der Waals surface area contributed by atoms with E-state index in [1.54, 1.807) is 30.0 Å². The first-order valence-electron chi connectivity index (χ1n) is 8.83. The molecule has 0 radical (unpaired) electrons. The van der Waals surface area contributed by atoms with E-state index < -0.39 is 6.10 Å². The van der Waals surface area contributed by atoms with E-state index in [-0.39, 0.29) is 18.4 Å². The maximum atomic E-state index is 13.0. The van der Waals surface area contributed by atoms with Gasteiger partial charge < -0.3 is 19.3 Å². The predicted octanol–water partition coefficient (Wildman–Crippen LogP) is 2.78. The van der Waals surface area contributed by atoms with Crippen molar-refractivity contribution in [3.63, 3.8) is 0 Å². The van der Waals surface area contributed by atoms with Crippen LogP contribution in [0.25, 0.3) is 0 Å². The maximum absolute atomic E-state index is 13.0. The number of rotatable bonds is 4. The number of para-hydroxylation sites is 2. The van der Waals surface area contributed by atoms with Gasteiger partial charge in [0.2, 0.25) is 5.91 Å². The Hall–Kier alpha value is -3.02. The molecule has 0 aliphatic carbocycles. The first-order valence-corrected chi connectivity index (χ1v) is 8.83. The zero-order valence-corrected chi connectivity index (χ0v) is 16.1. The van der Waals surface area contributed by atoms with Crippen LogP contribution in [0.3, 0.4) is 0 Å². The van der Waals surface area contributed by atoms with E-state index in [0.29, 0.717) is 18.0 Å². The number of fused-ring (bicyclic) bond motifs is 1. The van der Waals surface area contributed by atoms with Crippen LogP contribution in [0.1, 0.15) is 18.1 Å². The van der Waals surface area contributed by atoms with Gasteiger partial charge in [-0.3, -0.25) is 9.59 Å². The molecule has 1 aliphatic rings. The summed E-state index contributed by atoms with van der Waals surface area (Å²) in [6, 6.07) is 13.1. The highest BCUT2D eigenvalue weighted by molar-refractivity contribution is 5.95. The minimum absolute atomic E-state index is 0.119. The molecular weight excluding hydrogens is 344 g/mol. The Labute approximate surface area is 159 Å². The molecule has 0 saturated heterocycles. The lowest BCUT2D eigenvalue weighted by Crippen LogP contribution is -2.50. The number of nitrogens with zero attached hydrogens (tertiary/aromatic N) is 2. The average Bonchev–Trinajstić information content (AvgIpc) is 2.66. The predicted molar refractivity (Wildman–Crippen MR) is 103 cm³/mol. The van der Waals surface area contributed by atoms with Crippen molar-refractivity contribution < 1.29 is 19.1 Å². The first-order chi connectivity index (χ1) is 12.9. The second-order valence-electron chi connectivity index (χ2n) is 6.71. The van der Waals surface area contributed by atoms with Gasteiger partial charge in [-0.25, -0.2) is 0 Å². The third-order valence-corrected chi connectivity index (χ3v) is 4.65. The van der Waals surface area contributed by atoms with Gasteiger partial charge in [-0.2, -0.15) is 0 Å². The van der Waals surface area contributed by atoms with Gasteiger partial charge in [-0.15, -0.1) is 0 Å². The molecule has 6 heteroatoms. The van der Waals surface area contributed by atoms with Gasteiger partial charge in [-0.05, 0) is 25.1 Å². The van der Waals surface area contributed by atoms with E-state index in [1.807, 2.05) is 43.3 Å². The number of anilines is 1. The Balaban J connectivity index is 1.80. The molecule has 3 rings (SSSR count). The number of likely N-dealkylation sites (N-methyl/N-ethyl adjacent to an activating group) is 1. The summed E-state index contributed by atoms with van der Waals surface area (Å²) in [5.41, 5.74) is 2.71. The van der Waals surface area contributed by atoms with Crippen LogP contribution >= 0.6 is 0 Å². The van der Waals surface area contributed by atoms with Crippen LogP contribution in [0.15, 0.2) is 42.5 Å². The standard InChI is InChI=1S/C21H24N2O4/c1-14-9-10-18(26-4)16(11-14)12-22(3)21(25)20-13-23(15(2)24)17-7-5-6-8-19(17)27-20/h5-11,20H,12-13H2,1-4H3. The molecule has 1 heterocycles. The van der Waals surface area contributed by atoms with Gasteiger partial charge in [0.05, 0.1) is 19.3 Å². The lowest BCUT2D eigenvalue weighted by molar-refractivity contribution is -0.138. The monoisotopic (exact) mass is 368 g/mol. The Bertz CT molecular complexity index is 865. The highest BCUT2D eigenvalue weighted by atomic mass is 16.5. The van der Waals surface area contributed by atoms with Crippen molar-refractivity contribution >= 4 is 17.5 Å². The van der Waals surface area contributed by atoms with E-state index in [0.717, 1.165) is 16.9 Å². The smallest absolute Gasteiger partial charge is 0.265 e. The SMILES string of the molecule is COc1ccc(C)cc1CN(C)C(=O)C1CN(C(C)=O)c2ccccc2O1. The van der Waals surface area contributed by atoms with Gasteiger partial charge in [0.15, 0.2) is 6.10 Å². The van der Waals surface area contributed by atoms with Crippen molar-refractivity contribution in [2.45, 2.75) is 26.5 Å². The van der Waals surface area contributed by atoms with E-state index >= 15 is 0 Å². The molecule has 0 spiro atoms. The summed E-state index contributed by atoms with van der Waals surface area (Å²) >= 11 is 0. The molecule has 27 heavy (non-hydrogen) atoms. The number of amides is 2. The zero-order valence-electron chi connectivity index (χ0n) is 16.1. The summed E-state index contributed by atoms with van der Waals surface area (Å²) in [6.45, 7) is 4.08. The lowest BCUT2D eigenvalue weighted by atomic mass is 10.1. The molecule has 0 saturated carbocycles. The summed E-state index contributed by atoms with van der Waals surface area (Å²) in [4.78, 5) is 28.2. The van der Waals surface area contributed by atoms with Gasteiger partial charge in [-0.1, -0.05) is 29.8 Å². The summed E-state index contributed by atoms with van der Waals surface area (Å²) in [7, 11) is 3.34. The molecule has 0 bridgehead atoms. The molecule has 2 aromatic carbocycles. The Morgan fingerprint density at radius 3 is 2.70 bits per heavy atom. The van der Waals surface area contributed by atoms with Crippen molar-refractivity contribution in [1.82, 2.24) is 4.90 Å². The number of carbonyl (C=O) groups excluding carboxylic acids is 2. The van der Waals surface area contributed by atoms with Crippen LogP contribution < -0.4 is 14.4 Å². The van der Waals surface area contributed by atoms with Crippen LogP contribution in [0.2, 0.25) is 0 Å². The van der Waals surface area contributed by atoms with Crippen molar-refractivity contribution in [2.24, 2.45) is 0 Å². The van der Waals surface area contributed by atoms with Crippen LogP contribution in [0, 0.1) is 6.92 Å². The first kappa shape index (κ1) is 18.8. The normalized spacial score (nSPS) is 15.6. The summed E-state index contributed by atoms with van der Waals surface area (Å²) in [5, 5.41) is 0. The molecule has 2 aromatic rings. The highest BCUT2D eigenvalue weighted by Gasteiger charge is 2.34. The molecule has 1 atom stereocenters.